The molecule has 0 amide bonds. The highest BCUT2D eigenvalue weighted by atomic mass is 32.2. The quantitative estimate of drug-likeness (QED) is 0.841. The van der Waals surface area contributed by atoms with Gasteiger partial charge in [-0.1, -0.05) is 48.9 Å². The first-order chi connectivity index (χ1) is 12.5. The smallest absolute Gasteiger partial charge is 0.224 e. The number of benzene rings is 2. The van der Waals surface area contributed by atoms with E-state index in [2.05, 4.69) is 0 Å². The molecule has 1 aliphatic rings. The molecule has 1 saturated heterocycles. The number of ether oxygens (including phenoxy) is 1. The molecule has 1 N–H and O–H groups in total. The van der Waals surface area contributed by atoms with Crippen molar-refractivity contribution in [1.82, 2.24) is 4.31 Å². The molecule has 2 aromatic carbocycles. The zero-order valence-electron chi connectivity index (χ0n) is 14.9. The lowest BCUT2D eigenvalue weighted by Gasteiger charge is -2.32. The summed E-state index contributed by atoms with van der Waals surface area (Å²) in [7, 11) is -2.12. The minimum Gasteiger partial charge on any atom is -0.497 e. The predicted molar refractivity (Wildman–Crippen MR) is 101 cm³/mol. The van der Waals surface area contributed by atoms with Crippen molar-refractivity contribution in [3.8, 4) is 5.75 Å². The first kappa shape index (κ1) is 18.9. The SMILES string of the molecule is COc1ccc(C(O)C(c2ccccc2)S(=O)(=O)N2CCCCC2)cc1. The van der Waals surface area contributed by atoms with E-state index in [9.17, 15) is 13.5 Å². The third kappa shape index (κ3) is 3.92. The summed E-state index contributed by atoms with van der Waals surface area (Å²) < 4.78 is 33.4. The molecule has 2 unspecified atom stereocenters. The summed E-state index contributed by atoms with van der Waals surface area (Å²) in [6.07, 6.45) is 1.61. The molecule has 5 nitrogen and oxygen atoms in total. The number of aliphatic hydroxyl groups excluding tert-OH is 1. The number of hydrogen-bond donors (Lipinski definition) is 1. The van der Waals surface area contributed by atoms with Gasteiger partial charge in [0.2, 0.25) is 10.0 Å². The Morgan fingerprint density at radius 2 is 1.54 bits per heavy atom. The summed E-state index contributed by atoms with van der Waals surface area (Å²) in [6.45, 7) is 1.03. The molecule has 0 aliphatic carbocycles. The maximum absolute atomic E-state index is 13.4. The molecule has 1 aliphatic heterocycles. The van der Waals surface area contributed by atoms with E-state index >= 15 is 0 Å². The predicted octanol–water partition coefficient (Wildman–Crippen LogP) is 3.29. The minimum atomic E-state index is -3.69. The summed E-state index contributed by atoms with van der Waals surface area (Å²) >= 11 is 0. The Balaban J connectivity index is 2.00. The van der Waals surface area contributed by atoms with Gasteiger partial charge in [0.25, 0.3) is 0 Å². The number of piperidine rings is 1. The van der Waals surface area contributed by atoms with Crippen molar-refractivity contribution in [3.63, 3.8) is 0 Å². The molecule has 6 heteroatoms. The Kier molecular flexibility index (Phi) is 5.96. The van der Waals surface area contributed by atoms with Crippen molar-refractivity contribution in [3.05, 3.63) is 65.7 Å². The molecule has 2 atom stereocenters. The van der Waals surface area contributed by atoms with E-state index in [1.165, 1.54) is 4.31 Å². The van der Waals surface area contributed by atoms with Crippen LogP contribution >= 0.6 is 0 Å². The van der Waals surface area contributed by atoms with E-state index in [1.54, 1.807) is 55.6 Å². The summed E-state index contributed by atoms with van der Waals surface area (Å²) in [5.41, 5.74) is 1.15. The normalized spacial score (nSPS) is 18.2. The monoisotopic (exact) mass is 375 g/mol. The highest BCUT2D eigenvalue weighted by Gasteiger charge is 2.39. The molecular weight excluding hydrogens is 350 g/mol. The molecule has 0 spiro atoms. The fourth-order valence-corrected chi connectivity index (χ4v) is 5.49. The second-order valence-corrected chi connectivity index (χ2v) is 8.61. The van der Waals surface area contributed by atoms with E-state index in [1.807, 2.05) is 6.07 Å². The van der Waals surface area contributed by atoms with Crippen molar-refractivity contribution in [2.75, 3.05) is 20.2 Å². The van der Waals surface area contributed by atoms with Crippen molar-refractivity contribution in [2.45, 2.75) is 30.6 Å². The summed E-state index contributed by atoms with van der Waals surface area (Å²) in [4.78, 5) is 0. The molecule has 0 radical (unpaired) electrons. The maximum atomic E-state index is 13.4. The molecule has 2 aromatic rings. The van der Waals surface area contributed by atoms with Crippen molar-refractivity contribution in [1.29, 1.82) is 0 Å². The van der Waals surface area contributed by atoms with E-state index in [0.717, 1.165) is 19.3 Å². The number of methoxy groups -OCH3 is 1. The van der Waals surface area contributed by atoms with Crippen LogP contribution in [0, 0.1) is 0 Å². The van der Waals surface area contributed by atoms with Gasteiger partial charge in [-0.15, -0.1) is 0 Å². The standard InChI is InChI=1S/C20H25NO4S/c1-25-18-12-10-16(11-13-18)19(22)20(17-8-4-2-5-9-17)26(23,24)21-14-6-3-7-15-21/h2,4-5,8-13,19-20,22H,3,6-7,14-15H2,1H3. The Morgan fingerprint density at radius 3 is 2.12 bits per heavy atom. The van der Waals surface area contributed by atoms with Gasteiger partial charge in [0.15, 0.2) is 0 Å². The summed E-state index contributed by atoms with van der Waals surface area (Å²) in [5.74, 6) is 0.663. The van der Waals surface area contributed by atoms with Gasteiger partial charge in [-0.3, -0.25) is 0 Å². The van der Waals surface area contributed by atoms with Gasteiger partial charge in [0, 0.05) is 13.1 Å². The zero-order valence-corrected chi connectivity index (χ0v) is 15.7. The van der Waals surface area contributed by atoms with Crippen LogP contribution in [0.1, 0.15) is 41.7 Å². The zero-order chi connectivity index (χ0) is 18.6. The number of sulfonamides is 1. The van der Waals surface area contributed by atoms with Gasteiger partial charge in [0.05, 0.1) is 7.11 Å². The van der Waals surface area contributed by atoms with Crippen LogP contribution in [0.3, 0.4) is 0 Å². The van der Waals surface area contributed by atoms with Crippen LogP contribution in [0.25, 0.3) is 0 Å². The summed E-state index contributed by atoms with van der Waals surface area (Å²) in [5, 5.41) is 9.98. The maximum Gasteiger partial charge on any atom is 0.224 e. The highest BCUT2D eigenvalue weighted by Crippen LogP contribution is 2.38. The van der Waals surface area contributed by atoms with Gasteiger partial charge in [-0.05, 0) is 36.1 Å². The number of aliphatic hydroxyl groups is 1. The first-order valence-corrected chi connectivity index (χ1v) is 10.4. The third-order valence-corrected chi connectivity index (χ3v) is 7.12. The van der Waals surface area contributed by atoms with Gasteiger partial charge < -0.3 is 9.84 Å². The van der Waals surface area contributed by atoms with Gasteiger partial charge in [-0.25, -0.2) is 12.7 Å². The van der Waals surface area contributed by atoms with Crippen molar-refractivity contribution in [2.24, 2.45) is 0 Å². The number of hydrogen-bond acceptors (Lipinski definition) is 4. The lowest BCUT2D eigenvalue weighted by atomic mass is 10.0. The largest absolute Gasteiger partial charge is 0.497 e. The van der Waals surface area contributed by atoms with Crippen molar-refractivity contribution >= 4 is 10.0 Å². The second-order valence-electron chi connectivity index (χ2n) is 6.55. The third-order valence-electron chi connectivity index (χ3n) is 4.87. The molecular formula is C20H25NO4S. The van der Waals surface area contributed by atoms with Crippen molar-refractivity contribution < 1.29 is 18.3 Å². The van der Waals surface area contributed by atoms with Crippen LogP contribution in [0.4, 0.5) is 0 Å². The van der Waals surface area contributed by atoms with Crippen LogP contribution in [-0.2, 0) is 10.0 Å². The van der Waals surface area contributed by atoms with Crippen LogP contribution in [0.5, 0.6) is 5.75 Å². The molecule has 0 aromatic heterocycles. The fraction of sp³-hybridized carbons (Fsp3) is 0.400. The molecule has 1 fully saturated rings. The lowest BCUT2D eigenvalue weighted by Crippen LogP contribution is -2.40. The molecule has 3 rings (SSSR count). The van der Waals surface area contributed by atoms with Gasteiger partial charge >= 0.3 is 0 Å². The molecule has 1 heterocycles. The molecule has 140 valence electrons. The van der Waals surface area contributed by atoms with Crippen LogP contribution in [-0.4, -0.2) is 38.0 Å². The van der Waals surface area contributed by atoms with Gasteiger partial charge in [0.1, 0.15) is 17.1 Å². The second kappa shape index (κ2) is 8.20. The van der Waals surface area contributed by atoms with E-state index < -0.39 is 21.4 Å². The van der Waals surface area contributed by atoms with Crippen LogP contribution in [0.15, 0.2) is 54.6 Å². The Bertz CT molecular complexity index is 799. The fourth-order valence-electron chi connectivity index (χ4n) is 3.42. The van der Waals surface area contributed by atoms with E-state index in [4.69, 9.17) is 4.74 Å². The number of nitrogens with zero attached hydrogens (tertiary/aromatic N) is 1. The average molecular weight is 375 g/mol. The molecule has 0 saturated carbocycles. The first-order valence-electron chi connectivity index (χ1n) is 8.90. The Hall–Kier alpha value is -1.89. The average Bonchev–Trinajstić information content (AvgIpc) is 2.69. The minimum absolute atomic E-state index is 0.515. The lowest BCUT2D eigenvalue weighted by molar-refractivity contribution is 0.167. The van der Waals surface area contributed by atoms with Crippen LogP contribution in [0.2, 0.25) is 0 Å². The highest BCUT2D eigenvalue weighted by molar-refractivity contribution is 7.89. The topological polar surface area (TPSA) is 66.8 Å². The molecule has 0 bridgehead atoms. The number of rotatable bonds is 6. The molecule has 26 heavy (non-hydrogen) atoms. The van der Waals surface area contributed by atoms with Crippen LogP contribution < -0.4 is 4.74 Å². The van der Waals surface area contributed by atoms with E-state index in [-0.39, 0.29) is 0 Å². The van der Waals surface area contributed by atoms with Gasteiger partial charge in [-0.2, -0.15) is 0 Å². The van der Waals surface area contributed by atoms with E-state index in [0.29, 0.717) is 30.0 Å². The Morgan fingerprint density at radius 1 is 0.923 bits per heavy atom. The summed E-state index contributed by atoms with van der Waals surface area (Å²) in [6, 6.07) is 15.9. The Labute approximate surface area is 155 Å².